The average molecular weight is 480 g/mol. The minimum Gasteiger partial charge on any atom is -0.247 e. The van der Waals surface area contributed by atoms with Crippen LogP contribution in [0.5, 0.6) is 0 Å². The van der Waals surface area contributed by atoms with Gasteiger partial charge in [-0.15, -0.1) is 0 Å². The summed E-state index contributed by atoms with van der Waals surface area (Å²) in [5.74, 6) is 0. The van der Waals surface area contributed by atoms with Crippen LogP contribution in [0.4, 0.5) is 48.3 Å². The third kappa shape index (κ3) is 7.16. The monoisotopic (exact) mass is 480 g/mol. The van der Waals surface area contributed by atoms with E-state index in [1.54, 1.807) is 0 Å². The van der Waals surface area contributed by atoms with Gasteiger partial charge < -0.3 is 0 Å². The van der Waals surface area contributed by atoms with E-state index in [2.05, 4.69) is 0 Å². The topological polar surface area (TPSA) is 0 Å². The minimum absolute atomic E-state index is 0.768. The fourth-order valence-electron chi connectivity index (χ4n) is 1.72. The van der Waals surface area contributed by atoms with E-state index < -0.39 is 66.4 Å². The maximum Gasteiger partial charge on any atom is 0.431 e. The first-order valence-electron chi connectivity index (χ1n) is 6.13. The second-order valence-electron chi connectivity index (χ2n) is 4.89. The molecule has 0 amide bonds. The fraction of sp³-hybridized carbons (Fsp3) is 1.00. The molecule has 0 bridgehead atoms. The van der Waals surface area contributed by atoms with Crippen molar-refractivity contribution in [3.8, 4) is 0 Å². The van der Waals surface area contributed by atoms with Crippen LogP contribution in [-0.2, 0) is 0 Å². The Hall–Kier alpha value is -0.0400. The van der Waals surface area contributed by atoms with Gasteiger partial charge in [0.1, 0.15) is 18.5 Å². The lowest BCUT2D eigenvalue weighted by atomic mass is 9.94. The van der Waals surface area contributed by atoms with Gasteiger partial charge in [0.15, 0.2) is 4.18 Å². The smallest absolute Gasteiger partial charge is 0.247 e. The molecule has 4 atom stereocenters. The number of alkyl halides is 12. The summed E-state index contributed by atoms with van der Waals surface area (Å²) in [5.41, 5.74) is -5.83. The van der Waals surface area contributed by atoms with Gasteiger partial charge in [0.25, 0.3) is 0 Å². The van der Waals surface area contributed by atoms with Crippen molar-refractivity contribution in [1.29, 1.82) is 0 Å². The Morgan fingerprint density at radius 2 is 0.957 bits per heavy atom. The van der Waals surface area contributed by atoms with Crippen molar-refractivity contribution in [3.63, 3.8) is 0 Å². The van der Waals surface area contributed by atoms with Gasteiger partial charge in [-0.2, -0.15) is 26.3 Å². The summed E-state index contributed by atoms with van der Waals surface area (Å²) in [6, 6.07) is 0. The molecule has 23 heavy (non-hydrogen) atoms. The second kappa shape index (κ2) is 8.37. The lowest BCUT2D eigenvalue weighted by Gasteiger charge is -2.31. The Kier molecular flexibility index (Phi) is 8.35. The highest BCUT2D eigenvalue weighted by Gasteiger charge is 2.72. The zero-order valence-corrected chi connectivity index (χ0v) is 13.3. The van der Waals surface area contributed by atoms with Crippen molar-refractivity contribution < 1.29 is 48.3 Å². The van der Waals surface area contributed by atoms with Gasteiger partial charge in [0.05, 0.1) is 0 Å². The predicted octanol–water partition coefficient (Wildman–Crippen LogP) is 6.12. The molecule has 0 fully saturated rings. The molecule has 0 aromatic carbocycles. The highest BCUT2D eigenvalue weighted by molar-refractivity contribution is 14.1. The maximum atomic E-state index is 13.2. The third-order valence-corrected chi connectivity index (χ3v) is 3.37. The number of hydrogen-bond donors (Lipinski definition) is 0. The predicted molar refractivity (Wildman–Crippen MR) is 68.0 cm³/mol. The molecule has 0 aromatic rings. The first-order valence-corrected chi connectivity index (χ1v) is 7.37. The number of rotatable bonds is 8. The first kappa shape index (κ1) is 23.0. The molecule has 0 aliphatic rings. The van der Waals surface area contributed by atoms with Crippen LogP contribution in [0.3, 0.4) is 0 Å². The molecule has 0 aliphatic heterocycles. The summed E-state index contributed by atoms with van der Waals surface area (Å²) in [4.78, 5) is 0. The third-order valence-electron chi connectivity index (χ3n) is 2.86. The SMILES string of the molecule is FC(I)CC(F)CC(F)CC(F)CC(F)(C(F)(F)F)C(F)(F)F. The molecule has 0 radical (unpaired) electrons. The van der Waals surface area contributed by atoms with E-state index in [1.807, 2.05) is 0 Å². The lowest BCUT2D eigenvalue weighted by molar-refractivity contribution is -0.346. The summed E-state index contributed by atoms with van der Waals surface area (Å²) in [7, 11) is 0. The Morgan fingerprint density at radius 1 is 0.609 bits per heavy atom. The van der Waals surface area contributed by atoms with Gasteiger partial charge in [0.2, 0.25) is 0 Å². The van der Waals surface area contributed by atoms with Gasteiger partial charge in [-0.3, -0.25) is 0 Å². The molecule has 0 saturated heterocycles. The van der Waals surface area contributed by atoms with Crippen LogP contribution in [0.2, 0.25) is 0 Å². The highest BCUT2D eigenvalue weighted by atomic mass is 127. The van der Waals surface area contributed by atoms with Gasteiger partial charge in [-0.05, 0) is 22.6 Å². The van der Waals surface area contributed by atoms with Crippen molar-refractivity contribution in [3.05, 3.63) is 0 Å². The zero-order valence-electron chi connectivity index (χ0n) is 11.2. The van der Waals surface area contributed by atoms with Gasteiger partial charge in [-0.1, -0.05) is 0 Å². The molecule has 0 spiro atoms. The molecular weight excluding hydrogens is 468 g/mol. The Labute approximate surface area is 137 Å². The molecule has 0 rings (SSSR count). The van der Waals surface area contributed by atoms with E-state index in [1.165, 1.54) is 0 Å². The number of halogens is 12. The van der Waals surface area contributed by atoms with Gasteiger partial charge >= 0.3 is 18.0 Å². The van der Waals surface area contributed by atoms with Crippen LogP contribution in [0, 0.1) is 0 Å². The molecular formula is C11H12F11I. The first-order chi connectivity index (χ1) is 10.1. The summed E-state index contributed by atoms with van der Waals surface area (Å²) in [5, 5.41) is 0. The van der Waals surface area contributed by atoms with Crippen molar-refractivity contribution in [1.82, 2.24) is 0 Å². The second-order valence-corrected chi connectivity index (χ2v) is 6.24. The molecule has 0 nitrogen and oxygen atoms in total. The van der Waals surface area contributed by atoms with Crippen LogP contribution < -0.4 is 0 Å². The van der Waals surface area contributed by atoms with Crippen LogP contribution in [-0.4, -0.2) is 40.7 Å². The Morgan fingerprint density at radius 3 is 1.30 bits per heavy atom. The lowest BCUT2D eigenvalue weighted by Crippen LogP contribution is -2.54. The van der Waals surface area contributed by atoms with E-state index >= 15 is 0 Å². The maximum absolute atomic E-state index is 13.2. The molecule has 0 aromatic heterocycles. The molecule has 0 N–H and O–H groups in total. The van der Waals surface area contributed by atoms with E-state index in [0.717, 1.165) is 22.6 Å². The minimum atomic E-state index is -6.44. The van der Waals surface area contributed by atoms with Crippen molar-refractivity contribution >= 4 is 22.6 Å². The number of hydrogen-bond acceptors (Lipinski definition) is 0. The molecule has 12 heteroatoms. The summed E-state index contributed by atoms with van der Waals surface area (Å²) in [6.07, 6.45) is -26.7. The van der Waals surface area contributed by atoms with Crippen LogP contribution in [0.1, 0.15) is 25.7 Å². The Bertz CT molecular complexity index is 337. The quantitative estimate of drug-likeness (QED) is 0.223. The molecule has 0 saturated carbocycles. The van der Waals surface area contributed by atoms with Crippen molar-refractivity contribution in [2.24, 2.45) is 0 Å². The van der Waals surface area contributed by atoms with Crippen LogP contribution >= 0.6 is 22.6 Å². The standard InChI is InChI=1S/C11H12F11I/c12-5(1-6(13)3-8(15)23)2-7(14)4-9(16,10(17,18)19)11(20,21)22/h5-8H,1-4H2. The van der Waals surface area contributed by atoms with Gasteiger partial charge in [-0.25, -0.2) is 22.0 Å². The summed E-state index contributed by atoms with van der Waals surface area (Å²) < 4.78 is 137. The van der Waals surface area contributed by atoms with Crippen LogP contribution in [0.15, 0.2) is 0 Å². The largest absolute Gasteiger partial charge is 0.431 e. The van der Waals surface area contributed by atoms with Gasteiger partial charge in [0, 0.05) is 25.7 Å². The molecule has 4 unspecified atom stereocenters. The molecule has 140 valence electrons. The fourth-order valence-corrected chi connectivity index (χ4v) is 2.27. The molecule has 0 aliphatic carbocycles. The van der Waals surface area contributed by atoms with E-state index in [0.29, 0.717) is 0 Å². The van der Waals surface area contributed by atoms with E-state index in [9.17, 15) is 48.3 Å². The summed E-state index contributed by atoms with van der Waals surface area (Å²) >= 11 is 1.16. The van der Waals surface area contributed by atoms with Crippen LogP contribution in [0.25, 0.3) is 0 Å². The van der Waals surface area contributed by atoms with E-state index in [4.69, 9.17) is 0 Å². The molecule has 0 heterocycles. The van der Waals surface area contributed by atoms with Crippen molar-refractivity contribution in [2.45, 2.75) is 66.4 Å². The highest BCUT2D eigenvalue weighted by Crippen LogP contribution is 2.49. The van der Waals surface area contributed by atoms with Crippen molar-refractivity contribution in [2.75, 3.05) is 0 Å². The Balaban J connectivity index is 4.76. The van der Waals surface area contributed by atoms with E-state index in [-0.39, 0.29) is 0 Å². The zero-order chi connectivity index (χ0) is 18.6. The summed E-state index contributed by atoms with van der Waals surface area (Å²) in [6.45, 7) is 0. The average Bonchev–Trinajstić information content (AvgIpc) is 2.22. The normalized spacial score (nSPS) is 19.3.